The zero-order valence-corrected chi connectivity index (χ0v) is 10.7. The molecule has 104 valence electrons. The molecule has 0 fully saturated rings. The molecule has 0 saturated heterocycles. The highest BCUT2D eigenvalue weighted by Crippen LogP contribution is 2.12. The van der Waals surface area contributed by atoms with Crippen molar-refractivity contribution in [1.29, 1.82) is 0 Å². The van der Waals surface area contributed by atoms with E-state index in [0.29, 0.717) is 5.75 Å². The number of amides is 1. The monoisotopic (exact) mass is 275 g/mol. The summed E-state index contributed by atoms with van der Waals surface area (Å²) in [6.45, 7) is 0.252. The minimum atomic E-state index is -1.23. The summed E-state index contributed by atoms with van der Waals surface area (Å²) in [5.74, 6) is -1.09. The number of ether oxygens (including phenoxy) is 1. The van der Waals surface area contributed by atoms with Crippen LogP contribution in [0.3, 0.4) is 0 Å². The summed E-state index contributed by atoms with van der Waals surface area (Å²) >= 11 is 0. The predicted octanol–water partition coefficient (Wildman–Crippen LogP) is 1.05. The molecule has 0 radical (unpaired) electrons. The molecule has 0 aliphatic rings. The van der Waals surface area contributed by atoms with Crippen LogP contribution in [0.1, 0.15) is 26.5 Å². The van der Waals surface area contributed by atoms with Gasteiger partial charge in [-0.3, -0.25) is 4.79 Å². The Kier molecular flexibility index (Phi) is 3.99. The number of hydrogen-bond donors (Lipinski definition) is 3. The van der Waals surface area contributed by atoms with E-state index in [2.05, 4.69) is 15.3 Å². The molecule has 0 spiro atoms. The Labute approximate surface area is 114 Å². The number of methoxy groups -OCH3 is 1. The first-order valence-corrected chi connectivity index (χ1v) is 5.79. The van der Waals surface area contributed by atoms with Crippen LogP contribution in [0.5, 0.6) is 5.75 Å². The summed E-state index contributed by atoms with van der Waals surface area (Å²) in [5, 5.41) is 11.5. The molecule has 0 atom stereocenters. The van der Waals surface area contributed by atoms with E-state index < -0.39 is 11.9 Å². The zero-order chi connectivity index (χ0) is 14.5. The number of aromatic carboxylic acids is 1. The molecular formula is C13H13N3O4. The molecule has 1 aromatic carbocycles. The highest BCUT2D eigenvalue weighted by Gasteiger charge is 2.19. The molecule has 0 aliphatic heterocycles. The number of imidazole rings is 1. The van der Waals surface area contributed by atoms with Gasteiger partial charge in [-0.05, 0) is 17.7 Å². The fraction of sp³-hybridized carbons (Fsp3) is 0.154. The second kappa shape index (κ2) is 5.87. The maximum absolute atomic E-state index is 11.9. The smallest absolute Gasteiger partial charge is 0.354 e. The van der Waals surface area contributed by atoms with Crippen LogP contribution in [0, 0.1) is 0 Å². The molecular weight excluding hydrogens is 262 g/mol. The first-order chi connectivity index (χ1) is 9.61. The Morgan fingerprint density at radius 3 is 2.95 bits per heavy atom. The van der Waals surface area contributed by atoms with Crippen LogP contribution in [0.15, 0.2) is 30.6 Å². The van der Waals surface area contributed by atoms with Gasteiger partial charge in [0.25, 0.3) is 5.91 Å². The van der Waals surface area contributed by atoms with Crippen molar-refractivity contribution in [3.8, 4) is 5.75 Å². The minimum absolute atomic E-state index is 0.139. The molecule has 20 heavy (non-hydrogen) atoms. The van der Waals surface area contributed by atoms with Gasteiger partial charge in [-0.15, -0.1) is 0 Å². The van der Waals surface area contributed by atoms with Gasteiger partial charge < -0.3 is 20.1 Å². The first kappa shape index (κ1) is 13.6. The van der Waals surface area contributed by atoms with Gasteiger partial charge in [0, 0.05) is 6.54 Å². The Morgan fingerprint density at radius 2 is 2.25 bits per heavy atom. The number of benzene rings is 1. The summed E-state index contributed by atoms with van der Waals surface area (Å²) in [5.41, 5.74) is 0.471. The van der Waals surface area contributed by atoms with Crippen molar-refractivity contribution < 1.29 is 19.4 Å². The number of nitrogens with one attached hydrogen (secondary N) is 2. The Hall–Kier alpha value is -2.83. The van der Waals surface area contributed by atoms with Crippen molar-refractivity contribution in [1.82, 2.24) is 15.3 Å². The third kappa shape index (κ3) is 2.94. The summed E-state index contributed by atoms with van der Waals surface area (Å²) in [6, 6.07) is 7.20. The second-order valence-corrected chi connectivity index (χ2v) is 3.97. The number of rotatable bonds is 5. The molecule has 1 aromatic heterocycles. The Bertz CT molecular complexity index is 636. The average molecular weight is 275 g/mol. The van der Waals surface area contributed by atoms with E-state index in [0.717, 1.165) is 5.56 Å². The van der Waals surface area contributed by atoms with Crippen LogP contribution < -0.4 is 10.1 Å². The lowest BCUT2D eigenvalue weighted by molar-refractivity contribution is 0.0685. The number of aromatic amines is 1. The number of hydrogen-bond acceptors (Lipinski definition) is 4. The lowest BCUT2D eigenvalue weighted by Gasteiger charge is -2.06. The average Bonchev–Trinajstić information content (AvgIpc) is 2.94. The number of aromatic nitrogens is 2. The fourth-order valence-electron chi connectivity index (χ4n) is 1.68. The molecule has 1 heterocycles. The molecule has 2 rings (SSSR count). The van der Waals surface area contributed by atoms with Gasteiger partial charge in [-0.1, -0.05) is 12.1 Å². The highest BCUT2D eigenvalue weighted by molar-refractivity contribution is 6.02. The SMILES string of the molecule is COc1cccc(CNC(=O)c2nc[nH]c2C(=O)O)c1. The molecule has 3 N–H and O–H groups in total. The summed E-state index contributed by atoms with van der Waals surface area (Å²) in [6.07, 6.45) is 1.17. The lowest BCUT2D eigenvalue weighted by Crippen LogP contribution is -2.25. The topological polar surface area (TPSA) is 104 Å². The van der Waals surface area contributed by atoms with Crippen LogP contribution in [0.25, 0.3) is 0 Å². The van der Waals surface area contributed by atoms with Crippen molar-refractivity contribution in [2.75, 3.05) is 7.11 Å². The first-order valence-electron chi connectivity index (χ1n) is 5.79. The van der Waals surface area contributed by atoms with Crippen LogP contribution in [-0.2, 0) is 6.54 Å². The van der Waals surface area contributed by atoms with E-state index in [4.69, 9.17) is 9.84 Å². The Morgan fingerprint density at radius 1 is 1.45 bits per heavy atom. The normalized spacial score (nSPS) is 10.1. The van der Waals surface area contributed by atoms with Gasteiger partial charge >= 0.3 is 5.97 Å². The standard InChI is InChI=1S/C13H13N3O4/c1-20-9-4-2-3-8(5-9)6-14-12(17)10-11(13(18)19)16-7-15-10/h2-5,7H,6H2,1H3,(H,14,17)(H,15,16)(H,18,19). The van der Waals surface area contributed by atoms with Gasteiger partial charge in [0.1, 0.15) is 5.75 Å². The molecule has 0 saturated carbocycles. The van der Waals surface area contributed by atoms with Crippen LogP contribution in [0.4, 0.5) is 0 Å². The van der Waals surface area contributed by atoms with Crippen molar-refractivity contribution >= 4 is 11.9 Å². The molecule has 7 heteroatoms. The summed E-state index contributed by atoms with van der Waals surface area (Å²) in [7, 11) is 1.56. The van der Waals surface area contributed by atoms with E-state index in [1.165, 1.54) is 6.33 Å². The van der Waals surface area contributed by atoms with Crippen molar-refractivity contribution in [2.45, 2.75) is 6.54 Å². The number of carboxylic acids is 1. The number of carbonyl (C=O) groups is 2. The van der Waals surface area contributed by atoms with Crippen LogP contribution in [-0.4, -0.2) is 34.1 Å². The van der Waals surface area contributed by atoms with Crippen molar-refractivity contribution in [2.24, 2.45) is 0 Å². The van der Waals surface area contributed by atoms with E-state index in [1.54, 1.807) is 25.3 Å². The van der Waals surface area contributed by atoms with Gasteiger partial charge in [0.05, 0.1) is 13.4 Å². The molecule has 7 nitrogen and oxygen atoms in total. The van der Waals surface area contributed by atoms with Crippen molar-refractivity contribution in [3.05, 3.63) is 47.5 Å². The van der Waals surface area contributed by atoms with Gasteiger partial charge in [-0.2, -0.15) is 0 Å². The van der Waals surface area contributed by atoms with E-state index in [1.807, 2.05) is 6.07 Å². The maximum atomic E-state index is 11.9. The molecule has 0 aliphatic carbocycles. The quantitative estimate of drug-likeness (QED) is 0.756. The van der Waals surface area contributed by atoms with Crippen LogP contribution in [0.2, 0.25) is 0 Å². The minimum Gasteiger partial charge on any atom is -0.497 e. The predicted molar refractivity (Wildman–Crippen MR) is 69.7 cm³/mol. The van der Waals surface area contributed by atoms with E-state index in [-0.39, 0.29) is 17.9 Å². The third-order valence-electron chi connectivity index (χ3n) is 2.66. The summed E-state index contributed by atoms with van der Waals surface area (Å²) in [4.78, 5) is 28.9. The fourth-order valence-corrected chi connectivity index (χ4v) is 1.68. The molecule has 2 aromatic rings. The zero-order valence-electron chi connectivity index (χ0n) is 10.7. The van der Waals surface area contributed by atoms with Gasteiger partial charge in [0.15, 0.2) is 11.4 Å². The van der Waals surface area contributed by atoms with E-state index in [9.17, 15) is 9.59 Å². The molecule has 0 bridgehead atoms. The summed E-state index contributed by atoms with van der Waals surface area (Å²) < 4.78 is 5.08. The number of H-pyrrole nitrogens is 1. The van der Waals surface area contributed by atoms with Gasteiger partial charge in [-0.25, -0.2) is 9.78 Å². The lowest BCUT2D eigenvalue weighted by atomic mass is 10.2. The number of carboxylic acid groups (broad SMARTS) is 1. The number of nitrogens with zero attached hydrogens (tertiary/aromatic N) is 1. The third-order valence-corrected chi connectivity index (χ3v) is 2.66. The Balaban J connectivity index is 2.05. The van der Waals surface area contributed by atoms with E-state index >= 15 is 0 Å². The largest absolute Gasteiger partial charge is 0.497 e. The highest BCUT2D eigenvalue weighted by atomic mass is 16.5. The maximum Gasteiger partial charge on any atom is 0.354 e. The molecule has 0 unspecified atom stereocenters. The molecule has 1 amide bonds. The van der Waals surface area contributed by atoms with Gasteiger partial charge in [0.2, 0.25) is 0 Å². The second-order valence-electron chi connectivity index (χ2n) is 3.97. The van der Waals surface area contributed by atoms with Crippen molar-refractivity contribution in [3.63, 3.8) is 0 Å². The van der Waals surface area contributed by atoms with Crippen LogP contribution >= 0.6 is 0 Å². The number of carbonyl (C=O) groups excluding carboxylic acids is 1.